The highest BCUT2D eigenvalue weighted by Crippen LogP contribution is 2.33. The largest absolute Gasteiger partial charge is 0.480 e. The van der Waals surface area contributed by atoms with Gasteiger partial charge in [0.15, 0.2) is 11.4 Å². The molecule has 0 aliphatic heterocycles. The molecule has 0 bridgehead atoms. The Labute approximate surface area is 143 Å². The molecule has 8 nitrogen and oxygen atoms in total. The van der Waals surface area contributed by atoms with Crippen LogP contribution in [0.25, 0.3) is 5.69 Å². The molecule has 12 heteroatoms. The lowest BCUT2D eigenvalue weighted by Crippen LogP contribution is -2.30. The monoisotopic (exact) mass is 376 g/mol. The van der Waals surface area contributed by atoms with E-state index in [1.54, 1.807) is 0 Å². The van der Waals surface area contributed by atoms with Gasteiger partial charge in [-0.05, 0) is 12.1 Å². The predicted molar refractivity (Wildman–Crippen MR) is 77.1 cm³/mol. The van der Waals surface area contributed by atoms with Crippen molar-refractivity contribution in [3.05, 3.63) is 41.5 Å². The lowest BCUT2D eigenvalue weighted by Gasteiger charge is -2.11. The molecule has 2 aromatic rings. The number of hydrogen-bond acceptors (Lipinski definition) is 5. The van der Waals surface area contributed by atoms with Crippen LogP contribution in [0.5, 0.6) is 0 Å². The number of carboxylic acids is 1. The third-order valence-electron chi connectivity index (χ3n) is 2.99. The summed E-state index contributed by atoms with van der Waals surface area (Å²) in [6, 6.07) is 4.59. The molecule has 0 unspecified atom stereocenters. The third kappa shape index (κ3) is 4.53. The molecule has 26 heavy (non-hydrogen) atoms. The van der Waals surface area contributed by atoms with Crippen molar-refractivity contribution in [1.29, 1.82) is 0 Å². The van der Waals surface area contributed by atoms with Crippen LogP contribution in [-0.2, 0) is 15.7 Å². The topological polar surface area (TPSA) is 106 Å². The SMILES string of the molecule is O=C(O)COCCNC(=O)c1nnn(-c2ccccc2F)c1C(F)(F)F. The van der Waals surface area contributed by atoms with Crippen molar-refractivity contribution < 1.29 is 37.0 Å². The number of aromatic nitrogens is 3. The number of halogens is 4. The number of alkyl halides is 3. The molecule has 1 aromatic heterocycles. The minimum Gasteiger partial charge on any atom is -0.480 e. The van der Waals surface area contributed by atoms with Gasteiger partial charge in [0.1, 0.15) is 18.1 Å². The lowest BCUT2D eigenvalue weighted by atomic mass is 10.2. The second kappa shape index (κ2) is 7.91. The van der Waals surface area contributed by atoms with E-state index in [4.69, 9.17) is 5.11 Å². The Balaban J connectivity index is 2.23. The maximum absolute atomic E-state index is 13.8. The normalized spacial score (nSPS) is 11.4. The Kier molecular flexibility index (Phi) is 5.87. The maximum atomic E-state index is 13.8. The fourth-order valence-corrected chi connectivity index (χ4v) is 1.96. The van der Waals surface area contributed by atoms with E-state index in [9.17, 15) is 27.2 Å². The molecule has 0 spiro atoms. The summed E-state index contributed by atoms with van der Waals surface area (Å²) in [7, 11) is 0. The molecule has 2 rings (SSSR count). The van der Waals surface area contributed by atoms with E-state index >= 15 is 0 Å². The van der Waals surface area contributed by atoms with Crippen LogP contribution < -0.4 is 5.32 Å². The summed E-state index contributed by atoms with van der Waals surface area (Å²) in [5, 5.41) is 16.9. The van der Waals surface area contributed by atoms with E-state index < -0.39 is 47.6 Å². The molecule has 1 amide bonds. The molecule has 2 N–H and O–H groups in total. The lowest BCUT2D eigenvalue weighted by molar-refractivity contribution is -0.143. The Morgan fingerprint density at radius 3 is 2.58 bits per heavy atom. The molecule has 0 aliphatic rings. The maximum Gasteiger partial charge on any atom is 0.435 e. The first kappa shape index (κ1) is 19.3. The van der Waals surface area contributed by atoms with Crippen molar-refractivity contribution in [3.63, 3.8) is 0 Å². The minimum atomic E-state index is -5.03. The fourth-order valence-electron chi connectivity index (χ4n) is 1.96. The second-order valence-electron chi connectivity index (χ2n) is 4.85. The summed E-state index contributed by atoms with van der Waals surface area (Å²) in [6.45, 7) is -1.11. The van der Waals surface area contributed by atoms with Crippen LogP contribution in [0.15, 0.2) is 24.3 Å². The Hall–Kier alpha value is -3.02. The van der Waals surface area contributed by atoms with Gasteiger partial charge in [0.25, 0.3) is 5.91 Å². The highest BCUT2D eigenvalue weighted by atomic mass is 19.4. The quantitative estimate of drug-likeness (QED) is 0.557. The second-order valence-corrected chi connectivity index (χ2v) is 4.85. The van der Waals surface area contributed by atoms with Crippen LogP contribution in [-0.4, -0.2) is 51.7 Å². The van der Waals surface area contributed by atoms with E-state index in [0.29, 0.717) is 0 Å². The van der Waals surface area contributed by atoms with Crippen LogP contribution in [0.3, 0.4) is 0 Å². The van der Waals surface area contributed by atoms with Crippen LogP contribution >= 0.6 is 0 Å². The van der Waals surface area contributed by atoms with Gasteiger partial charge in [0, 0.05) is 6.54 Å². The number of ether oxygens (including phenoxy) is 1. The molecule has 0 saturated heterocycles. The first-order valence-electron chi connectivity index (χ1n) is 7.07. The van der Waals surface area contributed by atoms with E-state index in [2.05, 4.69) is 20.4 Å². The van der Waals surface area contributed by atoms with Gasteiger partial charge in [-0.2, -0.15) is 13.2 Å². The van der Waals surface area contributed by atoms with Crippen molar-refractivity contribution in [2.45, 2.75) is 6.18 Å². The van der Waals surface area contributed by atoms with Crippen LogP contribution in [0.1, 0.15) is 16.2 Å². The highest BCUT2D eigenvalue weighted by Gasteiger charge is 2.42. The van der Waals surface area contributed by atoms with Gasteiger partial charge in [-0.15, -0.1) is 5.10 Å². The van der Waals surface area contributed by atoms with E-state index in [0.717, 1.165) is 12.1 Å². The van der Waals surface area contributed by atoms with Gasteiger partial charge in [0.05, 0.1) is 6.61 Å². The Bertz CT molecular complexity index is 806. The van der Waals surface area contributed by atoms with Gasteiger partial charge in [-0.1, -0.05) is 17.3 Å². The number of amides is 1. The summed E-state index contributed by atoms with van der Waals surface area (Å²) < 4.78 is 58.7. The van der Waals surface area contributed by atoms with Crippen LogP contribution in [0, 0.1) is 5.82 Å². The third-order valence-corrected chi connectivity index (χ3v) is 2.99. The average Bonchev–Trinajstić information content (AvgIpc) is 2.99. The smallest absolute Gasteiger partial charge is 0.435 e. The number of carboxylic acid groups (broad SMARTS) is 1. The van der Waals surface area contributed by atoms with E-state index in [1.165, 1.54) is 12.1 Å². The molecular weight excluding hydrogens is 364 g/mol. The van der Waals surface area contributed by atoms with Crippen LogP contribution in [0.4, 0.5) is 17.6 Å². The number of benzene rings is 1. The highest BCUT2D eigenvalue weighted by molar-refractivity contribution is 5.93. The molecule has 0 saturated carbocycles. The number of aliphatic carboxylic acids is 1. The number of nitrogens with zero attached hydrogens (tertiary/aromatic N) is 3. The summed E-state index contributed by atoms with van der Waals surface area (Å²) >= 11 is 0. The van der Waals surface area contributed by atoms with Crippen molar-refractivity contribution in [1.82, 2.24) is 20.3 Å². The Morgan fingerprint density at radius 2 is 1.96 bits per heavy atom. The van der Waals surface area contributed by atoms with Crippen molar-refractivity contribution >= 4 is 11.9 Å². The number of nitrogens with one attached hydrogen (secondary N) is 1. The van der Waals surface area contributed by atoms with Gasteiger partial charge in [-0.25, -0.2) is 13.9 Å². The van der Waals surface area contributed by atoms with Gasteiger partial charge in [0.2, 0.25) is 0 Å². The molecule has 1 aromatic carbocycles. The van der Waals surface area contributed by atoms with Crippen molar-refractivity contribution in [3.8, 4) is 5.69 Å². The number of para-hydroxylation sites is 1. The predicted octanol–water partition coefficient (Wildman–Crippen LogP) is 1.26. The van der Waals surface area contributed by atoms with E-state index in [-0.39, 0.29) is 17.8 Å². The summed E-state index contributed by atoms with van der Waals surface area (Å²) in [5.41, 5.74) is -3.10. The summed E-state index contributed by atoms with van der Waals surface area (Å²) in [4.78, 5) is 22.2. The van der Waals surface area contributed by atoms with E-state index in [1.807, 2.05) is 0 Å². The van der Waals surface area contributed by atoms with Gasteiger partial charge < -0.3 is 15.2 Å². The molecule has 0 aliphatic carbocycles. The number of carbonyl (C=O) groups is 2. The average molecular weight is 376 g/mol. The minimum absolute atomic E-state index is 0.200. The molecule has 0 atom stereocenters. The first-order valence-corrected chi connectivity index (χ1v) is 7.07. The van der Waals surface area contributed by atoms with Gasteiger partial charge >= 0.3 is 12.1 Å². The summed E-state index contributed by atoms with van der Waals surface area (Å²) in [5.74, 6) is -3.42. The fraction of sp³-hybridized carbons (Fsp3) is 0.286. The number of hydrogen-bond donors (Lipinski definition) is 2. The molecule has 140 valence electrons. The first-order chi connectivity index (χ1) is 12.2. The summed E-state index contributed by atoms with van der Waals surface area (Å²) in [6.07, 6.45) is -5.03. The zero-order valence-electron chi connectivity index (χ0n) is 13.0. The Morgan fingerprint density at radius 1 is 1.27 bits per heavy atom. The van der Waals surface area contributed by atoms with Gasteiger partial charge in [-0.3, -0.25) is 4.79 Å². The zero-order chi connectivity index (χ0) is 19.3. The number of carbonyl (C=O) groups excluding carboxylic acids is 1. The number of rotatable bonds is 7. The van der Waals surface area contributed by atoms with Crippen molar-refractivity contribution in [2.75, 3.05) is 19.8 Å². The van der Waals surface area contributed by atoms with Crippen molar-refractivity contribution in [2.24, 2.45) is 0 Å². The molecule has 0 fully saturated rings. The molecule has 1 heterocycles. The standard InChI is InChI=1S/C14H12F4N4O4/c15-8-3-1-2-4-9(8)22-12(14(16,17)18)11(20-21-22)13(25)19-5-6-26-7-10(23)24/h1-4H,5-7H2,(H,19,25)(H,23,24). The molecule has 0 radical (unpaired) electrons. The molecular formula is C14H12F4N4O4. The zero-order valence-corrected chi connectivity index (χ0v) is 13.0. The van der Waals surface area contributed by atoms with Crippen LogP contribution in [0.2, 0.25) is 0 Å².